The van der Waals surface area contributed by atoms with Gasteiger partial charge in [0.25, 0.3) is 0 Å². The molecule has 14 atom stereocenters. The Bertz CT molecular complexity index is 2290. The highest BCUT2D eigenvalue weighted by Crippen LogP contribution is 2.73. The van der Waals surface area contributed by atoms with Crippen molar-refractivity contribution < 1.29 is 52.6 Å². The largest absolute Gasteiger partial charge is 0.497 e. The van der Waals surface area contributed by atoms with Crippen LogP contribution in [0.1, 0.15) is 111 Å². The highest BCUT2D eigenvalue weighted by atomic mass is 16.7. The van der Waals surface area contributed by atoms with Gasteiger partial charge in [-0.1, -0.05) is 102 Å². The monoisotopic (exact) mass is 907 g/mol. The van der Waals surface area contributed by atoms with Gasteiger partial charge in [0.2, 0.25) is 0 Å². The average molecular weight is 908 g/mol. The summed E-state index contributed by atoms with van der Waals surface area (Å²) in [5, 5.41) is 12.8. The van der Waals surface area contributed by atoms with Gasteiger partial charge in [0.05, 0.1) is 50.8 Å². The molecule has 3 unspecified atom stereocenters. The Labute approximate surface area is 390 Å². The number of rotatable bonds is 11. The molecular formula is C54H69NO11. The van der Waals surface area contributed by atoms with E-state index in [-0.39, 0.29) is 54.0 Å². The molecule has 12 nitrogen and oxygen atoms in total. The maximum Gasteiger partial charge on any atom is 0.412 e. The molecule has 356 valence electrons. The van der Waals surface area contributed by atoms with Gasteiger partial charge in [0, 0.05) is 46.1 Å². The first-order valence-corrected chi connectivity index (χ1v) is 23.9. The summed E-state index contributed by atoms with van der Waals surface area (Å²) in [7, 11) is 3.25. The minimum Gasteiger partial charge on any atom is -0.497 e. The van der Waals surface area contributed by atoms with Gasteiger partial charge >= 0.3 is 12.1 Å². The van der Waals surface area contributed by atoms with Crippen molar-refractivity contribution in [2.24, 2.45) is 39.9 Å². The Hall–Kier alpha value is -4.46. The van der Waals surface area contributed by atoms with Gasteiger partial charge in [-0.3, -0.25) is 4.90 Å². The minimum atomic E-state index is -1.25. The quantitative estimate of drug-likeness (QED) is 0.146. The van der Waals surface area contributed by atoms with Gasteiger partial charge < -0.3 is 43.0 Å². The second kappa shape index (κ2) is 17.3. The summed E-state index contributed by atoms with van der Waals surface area (Å²) < 4.78 is 51.2. The van der Waals surface area contributed by atoms with Crippen LogP contribution in [0.15, 0.2) is 90.0 Å². The first-order valence-electron chi connectivity index (χ1n) is 23.9. The van der Waals surface area contributed by atoms with E-state index in [1.807, 2.05) is 92.7 Å². The van der Waals surface area contributed by atoms with E-state index in [1.54, 1.807) is 19.1 Å². The summed E-state index contributed by atoms with van der Waals surface area (Å²) in [5.74, 6) is 0.624. The molecule has 2 saturated carbocycles. The normalized spacial score (nSPS) is 37.0. The van der Waals surface area contributed by atoms with Crippen LogP contribution in [-0.4, -0.2) is 85.1 Å². The van der Waals surface area contributed by atoms with E-state index in [1.165, 1.54) is 0 Å². The molecule has 3 aromatic carbocycles. The molecule has 12 heteroatoms. The Kier molecular flexibility index (Phi) is 12.2. The van der Waals surface area contributed by atoms with E-state index < -0.39 is 59.3 Å². The molecule has 3 aromatic rings. The molecule has 6 aliphatic rings. The Morgan fingerprint density at radius 2 is 1.52 bits per heavy atom. The maximum atomic E-state index is 15.1. The third kappa shape index (κ3) is 7.36. The van der Waals surface area contributed by atoms with Crippen LogP contribution in [0.2, 0.25) is 0 Å². The lowest BCUT2D eigenvalue weighted by Crippen LogP contribution is -2.72. The summed E-state index contributed by atoms with van der Waals surface area (Å²) in [5.41, 5.74) is 1.66. The van der Waals surface area contributed by atoms with Gasteiger partial charge in [-0.05, 0) is 80.3 Å². The number of aliphatic hydroxyl groups is 1. The Morgan fingerprint density at radius 1 is 0.879 bits per heavy atom. The van der Waals surface area contributed by atoms with Crippen LogP contribution in [0.25, 0.3) is 0 Å². The van der Waals surface area contributed by atoms with Crippen molar-refractivity contribution in [1.82, 2.24) is 4.90 Å². The molecular weight excluding hydrogens is 839 g/mol. The van der Waals surface area contributed by atoms with Crippen molar-refractivity contribution in [3.8, 4) is 11.5 Å². The fraction of sp³-hybridized carbons (Fsp3) is 0.593. The summed E-state index contributed by atoms with van der Waals surface area (Å²) >= 11 is 0. The van der Waals surface area contributed by atoms with Gasteiger partial charge in [-0.15, -0.1) is 0 Å². The van der Waals surface area contributed by atoms with E-state index in [0.29, 0.717) is 30.8 Å². The number of benzene rings is 3. The molecule has 5 fully saturated rings. The summed E-state index contributed by atoms with van der Waals surface area (Å²) in [6, 6.07) is 24.0. The van der Waals surface area contributed by atoms with E-state index in [2.05, 4.69) is 48.5 Å². The third-order valence-corrected chi connectivity index (χ3v) is 16.8. The molecule has 66 heavy (non-hydrogen) atoms. The molecule has 9 rings (SSSR count). The second-order valence-corrected chi connectivity index (χ2v) is 21.3. The minimum absolute atomic E-state index is 0.00671. The number of amides is 1. The molecule has 3 saturated heterocycles. The summed E-state index contributed by atoms with van der Waals surface area (Å²) in [6.07, 6.45) is -2.91. The van der Waals surface area contributed by atoms with E-state index in [0.717, 1.165) is 34.4 Å². The van der Waals surface area contributed by atoms with Crippen molar-refractivity contribution in [3.63, 3.8) is 0 Å². The van der Waals surface area contributed by atoms with Crippen LogP contribution in [0, 0.1) is 39.9 Å². The molecule has 3 aliphatic heterocycles. The van der Waals surface area contributed by atoms with Crippen LogP contribution in [0.5, 0.6) is 11.5 Å². The number of carbonyl (C=O) groups is 2. The lowest BCUT2D eigenvalue weighted by Gasteiger charge is -2.68. The molecule has 0 bridgehead atoms. The SMILES string of the molecule is COc1ccc(C2O[C@H]3C[C@H]4OC[C@@]4(C)[C@H]4[C@H](C)[C@]5(C(C)(C)O)C[C@H](OC(=O)C6OC(c7ccc(OC)cc7)N(C(=O)OCc7ccccc7)[C@H]6CC(C)C)C(C)=C5[C@H](C)[C@H](O2)[C@]34C)cc1. The number of fused-ring (bicyclic) bond motifs is 3. The second-order valence-electron chi connectivity index (χ2n) is 21.3. The fourth-order valence-corrected chi connectivity index (χ4v) is 13.9. The van der Waals surface area contributed by atoms with Crippen LogP contribution in [0.4, 0.5) is 4.79 Å². The van der Waals surface area contributed by atoms with Crippen LogP contribution >= 0.6 is 0 Å². The Balaban J connectivity index is 1.09. The lowest BCUT2D eigenvalue weighted by molar-refractivity contribution is -0.381. The number of hydrogen-bond donors (Lipinski definition) is 1. The molecule has 3 heterocycles. The summed E-state index contributed by atoms with van der Waals surface area (Å²) in [6.45, 7) is 19.9. The maximum absolute atomic E-state index is 15.1. The topological polar surface area (TPSA) is 131 Å². The predicted octanol–water partition coefficient (Wildman–Crippen LogP) is 9.74. The first-order chi connectivity index (χ1) is 31.4. The van der Waals surface area contributed by atoms with Gasteiger partial charge in [0.1, 0.15) is 24.2 Å². The molecule has 0 spiro atoms. The lowest BCUT2D eigenvalue weighted by atomic mass is 9.44. The van der Waals surface area contributed by atoms with Crippen molar-refractivity contribution in [1.29, 1.82) is 0 Å². The fourth-order valence-electron chi connectivity index (χ4n) is 13.9. The molecule has 1 N–H and O–H groups in total. The van der Waals surface area contributed by atoms with Gasteiger partial charge in [-0.2, -0.15) is 0 Å². The number of esters is 1. The van der Waals surface area contributed by atoms with Crippen molar-refractivity contribution in [2.45, 2.75) is 143 Å². The molecule has 1 amide bonds. The zero-order valence-electron chi connectivity index (χ0n) is 40.4. The zero-order chi connectivity index (χ0) is 47.1. The van der Waals surface area contributed by atoms with Crippen molar-refractivity contribution >= 4 is 12.1 Å². The number of carbonyl (C=O) groups excluding carboxylic acids is 2. The number of methoxy groups -OCH3 is 2. The average Bonchev–Trinajstić information content (AvgIpc) is 3.80. The predicted molar refractivity (Wildman–Crippen MR) is 246 cm³/mol. The highest BCUT2D eigenvalue weighted by Gasteiger charge is 2.75. The standard InChI is InChI=1S/C54H69NO11/c1-30(2)25-39-44(65-47(35-17-21-37(59-10)22-18-35)55(39)50(57)61-28-34-15-13-12-14-16-34)48(56)63-40-27-54(51(6,7)58)33(5)45-52(8)29-62-41(52)26-42-53(45,9)46(32(4)43(54)31(40)3)66-49(64-42)36-19-23-38(60-11)24-20-36/h12-24,30,32-33,39-42,44-47,49,58H,25-29H2,1-11H3/t32-,33-,39-,40-,41+,42-,44?,45+,46-,47?,49?,52+,53+,54+/m0/s1. The van der Waals surface area contributed by atoms with Crippen LogP contribution in [0.3, 0.4) is 0 Å². The number of nitrogens with zero attached hydrogens (tertiary/aromatic N) is 1. The summed E-state index contributed by atoms with van der Waals surface area (Å²) in [4.78, 5) is 31.0. The van der Waals surface area contributed by atoms with Crippen LogP contribution in [-0.2, 0) is 39.8 Å². The molecule has 3 aliphatic carbocycles. The third-order valence-electron chi connectivity index (χ3n) is 16.8. The highest BCUT2D eigenvalue weighted by molar-refractivity contribution is 5.79. The number of ether oxygens (including phenoxy) is 8. The van der Waals surface area contributed by atoms with Crippen molar-refractivity contribution in [3.05, 3.63) is 107 Å². The van der Waals surface area contributed by atoms with Crippen LogP contribution < -0.4 is 9.47 Å². The van der Waals surface area contributed by atoms with E-state index in [4.69, 9.17) is 37.9 Å². The zero-order valence-corrected chi connectivity index (χ0v) is 40.4. The first kappa shape index (κ1) is 46.6. The number of hydrogen-bond acceptors (Lipinski definition) is 11. The molecule has 0 aromatic heterocycles. The molecule has 0 radical (unpaired) electrons. The van der Waals surface area contributed by atoms with Gasteiger partial charge in [0.15, 0.2) is 18.6 Å². The van der Waals surface area contributed by atoms with E-state index >= 15 is 4.79 Å². The van der Waals surface area contributed by atoms with E-state index in [9.17, 15) is 9.90 Å². The van der Waals surface area contributed by atoms with Gasteiger partial charge in [-0.25, -0.2) is 9.59 Å². The van der Waals surface area contributed by atoms with Crippen molar-refractivity contribution in [2.75, 3.05) is 20.8 Å². The smallest absolute Gasteiger partial charge is 0.412 e. The Morgan fingerprint density at radius 3 is 2.09 bits per heavy atom.